The highest BCUT2D eigenvalue weighted by Gasteiger charge is 2.22. The van der Waals surface area contributed by atoms with Crippen LogP contribution < -0.4 is 4.90 Å². The molecule has 1 aromatic rings. The van der Waals surface area contributed by atoms with Crippen LogP contribution in [0.1, 0.15) is 23.4 Å². The largest absolute Gasteiger partial charge is 0.475 e. The molecule has 1 fully saturated rings. The number of piperidine rings is 1. The van der Waals surface area contributed by atoms with Crippen LogP contribution in [0.15, 0.2) is 16.5 Å². The molecule has 2 heterocycles. The third-order valence-corrected chi connectivity index (χ3v) is 2.83. The molecular weight excluding hydrogens is 210 g/mol. The normalized spacial score (nSPS) is 21.1. The van der Waals surface area contributed by atoms with Crippen molar-refractivity contribution in [2.45, 2.75) is 18.9 Å². The number of methoxy groups -OCH3 is 1. The van der Waals surface area contributed by atoms with Gasteiger partial charge in [0.25, 0.3) is 0 Å². The minimum Gasteiger partial charge on any atom is -0.475 e. The summed E-state index contributed by atoms with van der Waals surface area (Å²) in [6.45, 7) is 1.63. The zero-order valence-corrected chi connectivity index (χ0v) is 9.18. The molecule has 2 rings (SSSR count). The Kier molecular flexibility index (Phi) is 3.14. The average molecular weight is 225 g/mol. The molecule has 1 aliphatic heterocycles. The van der Waals surface area contributed by atoms with Crippen molar-refractivity contribution in [1.82, 2.24) is 0 Å². The first-order chi connectivity index (χ1) is 7.70. The molecule has 1 atom stereocenters. The van der Waals surface area contributed by atoms with Gasteiger partial charge in [-0.2, -0.15) is 0 Å². The molecule has 0 bridgehead atoms. The van der Waals surface area contributed by atoms with E-state index in [1.807, 2.05) is 4.90 Å². The Bertz CT molecular complexity index is 374. The van der Waals surface area contributed by atoms with E-state index in [-0.39, 0.29) is 11.9 Å². The van der Waals surface area contributed by atoms with Crippen LogP contribution in [0.4, 0.5) is 5.88 Å². The fourth-order valence-corrected chi connectivity index (χ4v) is 1.94. The summed E-state index contributed by atoms with van der Waals surface area (Å²) in [5, 5.41) is 8.76. The molecule has 1 aromatic heterocycles. The van der Waals surface area contributed by atoms with Crippen LogP contribution >= 0.6 is 0 Å². The molecule has 1 saturated heterocycles. The molecule has 1 N–H and O–H groups in total. The van der Waals surface area contributed by atoms with Gasteiger partial charge in [-0.25, -0.2) is 4.79 Å². The summed E-state index contributed by atoms with van der Waals surface area (Å²) in [7, 11) is 1.69. The van der Waals surface area contributed by atoms with E-state index < -0.39 is 5.97 Å². The van der Waals surface area contributed by atoms with Crippen molar-refractivity contribution in [2.24, 2.45) is 0 Å². The maximum atomic E-state index is 10.7. The lowest BCUT2D eigenvalue weighted by atomic mass is 10.1. The Hall–Kier alpha value is -1.49. The van der Waals surface area contributed by atoms with Gasteiger partial charge in [0.1, 0.15) is 0 Å². The van der Waals surface area contributed by atoms with Crippen LogP contribution in [0.25, 0.3) is 0 Å². The molecule has 16 heavy (non-hydrogen) atoms. The van der Waals surface area contributed by atoms with Gasteiger partial charge in [0, 0.05) is 26.3 Å². The van der Waals surface area contributed by atoms with Gasteiger partial charge >= 0.3 is 5.97 Å². The third-order valence-electron chi connectivity index (χ3n) is 2.83. The summed E-state index contributed by atoms with van der Waals surface area (Å²) in [5.74, 6) is -0.444. The molecule has 0 aliphatic carbocycles. The van der Waals surface area contributed by atoms with E-state index in [4.69, 9.17) is 14.3 Å². The number of hydrogen-bond donors (Lipinski definition) is 1. The number of ether oxygens (including phenoxy) is 1. The summed E-state index contributed by atoms with van der Waals surface area (Å²) in [6.07, 6.45) is 2.27. The van der Waals surface area contributed by atoms with Crippen molar-refractivity contribution < 1.29 is 19.1 Å². The van der Waals surface area contributed by atoms with Gasteiger partial charge in [0.05, 0.1) is 6.10 Å². The van der Waals surface area contributed by atoms with E-state index in [0.29, 0.717) is 5.88 Å². The van der Waals surface area contributed by atoms with Gasteiger partial charge in [0.15, 0.2) is 5.88 Å². The van der Waals surface area contributed by atoms with Crippen LogP contribution in [0.5, 0.6) is 0 Å². The highest BCUT2D eigenvalue weighted by atomic mass is 16.5. The zero-order chi connectivity index (χ0) is 11.5. The molecular formula is C11H15NO4. The van der Waals surface area contributed by atoms with Gasteiger partial charge in [-0.1, -0.05) is 0 Å². The second-order valence-corrected chi connectivity index (χ2v) is 3.89. The quantitative estimate of drug-likeness (QED) is 0.846. The van der Waals surface area contributed by atoms with Crippen LogP contribution in [0.3, 0.4) is 0 Å². The summed E-state index contributed by atoms with van der Waals surface area (Å²) in [5.41, 5.74) is 0. The average Bonchev–Trinajstić information content (AvgIpc) is 2.78. The Morgan fingerprint density at radius 2 is 2.44 bits per heavy atom. The van der Waals surface area contributed by atoms with Crippen molar-refractivity contribution in [3.8, 4) is 0 Å². The molecule has 5 heteroatoms. The first-order valence-corrected chi connectivity index (χ1v) is 5.31. The van der Waals surface area contributed by atoms with Gasteiger partial charge in [-0.15, -0.1) is 0 Å². The van der Waals surface area contributed by atoms with Gasteiger partial charge in [-0.3, -0.25) is 0 Å². The second-order valence-electron chi connectivity index (χ2n) is 3.89. The van der Waals surface area contributed by atoms with Crippen molar-refractivity contribution >= 4 is 11.9 Å². The molecule has 0 radical (unpaired) electrons. The van der Waals surface area contributed by atoms with Crippen molar-refractivity contribution in [3.05, 3.63) is 17.9 Å². The number of hydrogen-bond acceptors (Lipinski definition) is 4. The third kappa shape index (κ3) is 2.19. The van der Waals surface area contributed by atoms with Crippen LogP contribution in [0.2, 0.25) is 0 Å². The van der Waals surface area contributed by atoms with Crippen molar-refractivity contribution in [1.29, 1.82) is 0 Å². The number of carboxylic acid groups (broad SMARTS) is 1. The smallest absolute Gasteiger partial charge is 0.371 e. The SMILES string of the molecule is COC1CCCN(c2ccc(C(=O)O)o2)C1. The number of carbonyl (C=O) groups is 1. The predicted octanol–water partition coefficient (Wildman–Crippen LogP) is 1.59. The molecule has 0 aromatic carbocycles. The topological polar surface area (TPSA) is 62.9 Å². The second kappa shape index (κ2) is 4.57. The molecule has 88 valence electrons. The standard InChI is InChI=1S/C11H15NO4/c1-15-8-3-2-6-12(7-8)10-5-4-9(16-10)11(13)14/h4-5,8H,2-3,6-7H2,1H3,(H,13,14). The van der Waals surface area contributed by atoms with Crippen LogP contribution in [-0.2, 0) is 4.74 Å². The highest BCUT2D eigenvalue weighted by Crippen LogP contribution is 2.23. The summed E-state index contributed by atoms with van der Waals surface area (Å²) >= 11 is 0. The number of carboxylic acids is 1. The van der Waals surface area contributed by atoms with E-state index in [0.717, 1.165) is 25.9 Å². The van der Waals surface area contributed by atoms with E-state index in [9.17, 15) is 4.79 Å². The fraction of sp³-hybridized carbons (Fsp3) is 0.545. The lowest BCUT2D eigenvalue weighted by Crippen LogP contribution is -2.39. The number of rotatable bonds is 3. The number of furan rings is 1. The lowest BCUT2D eigenvalue weighted by molar-refractivity contribution is 0.0661. The first-order valence-electron chi connectivity index (χ1n) is 5.31. The predicted molar refractivity (Wildman–Crippen MR) is 57.9 cm³/mol. The van der Waals surface area contributed by atoms with E-state index in [1.54, 1.807) is 13.2 Å². The number of anilines is 1. The Balaban J connectivity index is 2.08. The molecule has 0 amide bonds. The summed E-state index contributed by atoms with van der Waals surface area (Å²) < 4.78 is 10.5. The molecule has 0 spiro atoms. The zero-order valence-electron chi connectivity index (χ0n) is 9.18. The summed E-state index contributed by atoms with van der Waals surface area (Å²) in [4.78, 5) is 12.7. The Morgan fingerprint density at radius 1 is 1.62 bits per heavy atom. The lowest BCUT2D eigenvalue weighted by Gasteiger charge is -2.31. The minimum atomic E-state index is -1.04. The number of aromatic carboxylic acids is 1. The molecule has 5 nitrogen and oxygen atoms in total. The minimum absolute atomic E-state index is 0.0189. The number of nitrogens with zero attached hydrogens (tertiary/aromatic N) is 1. The first kappa shape index (κ1) is 11.0. The van der Waals surface area contributed by atoms with Crippen LogP contribution in [0, 0.1) is 0 Å². The highest BCUT2D eigenvalue weighted by molar-refractivity contribution is 5.84. The van der Waals surface area contributed by atoms with E-state index >= 15 is 0 Å². The fourth-order valence-electron chi connectivity index (χ4n) is 1.94. The van der Waals surface area contributed by atoms with Crippen molar-refractivity contribution in [2.75, 3.05) is 25.1 Å². The van der Waals surface area contributed by atoms with E-state index in [2.05, 4.69) is 0 Å². The molecule has 0 saturated carbocycles. The maximum absolute atomic E-state index is 10.7. The van der Waals surface area contributed by atoms with Gasteiger partial charge < -0.3 is 19.2 Å². The Morgan fingerprint density at radius 3 is 3.06 bits per heavy atom. The summed E-state index contributed by atoms with van der Waals surface area (Å²) in [6, 6.07) is 3.18. The Labute approximate surface area is 93.6 Å². The van der Waals surface area contributed by atoms with Crippen LogP contribution in [-0.4, -0.2) is 37.4 Å². The molecule has 1 aliphatic rings. The van der Waals surface area contributed by atoms with Gasteiger partial charge in [0.2, 0.25) is 5.76 Å². The maximum Gasteiger partial charge on any atom is 0.371 e. The van der Waals surface area contributed by atoms with Gasteiger partial charge in [-0.05, 0) is 18.9 Å². The van der Waals surface area contributed by atoms with E-state index in [1.165, 1.54) is 6.07 Å². The molecule has 1 unspecified atom stereocenters. The monoisotopic (exact) mass is 225 g/mol. The van der Waals surface area contributed by atoms with Crippen molar-refractivity contribution in [3.63, 3.8) is 0 Å².